The zero-order valence-corrected chi connectivity index (χ0v) is 10.7. The first-order valence-electron chi connectivity index (χ1n) is 5.85. The number of hydrogen-bond acceptors (Lipinski definition) is 0. The summed E-state index contributed by atoms with van der Waals surface area (Å²) >= 11 is 0. The molecule has 0 amide bonds. The maximum Gasteiger partial charge on any atom is 0.256 e. The van der Waals surface area contributed by atoms with Gasteiger partial charge in [0.25, 0.3) is 5.92 Å². The van der Waals surface area contributed by atoms with E-state index < -0.39 is 17.7 Å². The van der Waals surface area contributed by atoms with Crippen LogP contribution in [-0.4, -0.2) is 10.5 Å². The zero-order valence-electron chi connectivity index (χ0n) is 10.7. The molecule has 1 unspecified atom stereocenters. The van der Waals surface area contributed by atoms with Crippen LogP contribution in [0, 0.1) is 6.92 Å². The molecule has 1 fully saturated rings. The molecular weight excluding hydrogens is 239 g/mol. The normalized spacial score (nSPS) is 21.6. The Balaban J connectivity index is 2.66. The van der Waals surface area contributed by atoms with Gasteiger partial charge < -0.3 is 4.57 Å². The molecule has 2 rings (SSSR count). The second kappa shape index (κ2) is 4.04. The van der Waals surface area contributed by atoms with Crippen LogP contribution in [0.15, 0.2) is 12.7 Å². The van der Waals surface area contributed by atoms with Crippen LogP contribution < -0.4 is 0 Å². The lowest BCUT2D eigenvalue weighted by molar-refractivity contribution is 0.112. The van der Waals surface area contributed by atoms with Gasteiger partial charge in [0.2, 0.25) is 0 Å². The highest BCUT2D eigenvalue weighted by atomic mass is 19.3. The molecule has 0 saturated heterocycles. The van der Waals surface area contributed by atoms with Crippen molar-refractivity contribution in [3.05, 3.63) is 35.2 Å². The summed E-state index contributed by atoms with van der Waals surface area (Å²) in [6, 6.07) is 0. The van der Waals surface area contributed by atoms with E-state index in [1.54, 1.807) is 37.6 Å². The summed E-state index contributed by atoms with van der Waals surface area (Å²) < 4.78 is 41.9. The van der Waals surface area contributed by atoms with Crippen molar-refractivity contribution >= 4 is 11.9 Å². The van der Waals surface area contributed by atoms with Crippen molar-refractivity contribution in [2.24, 2.45) is 7.05 Å². The van der Waals surface area contributed by atoms with Gasteiger partial charge >= 0.3 is 0 Å². The Bertz CT molecular complexity index is 538. The minimum atomic E-state index is -2.70. The number of aromatic nitrogens is 1. The van der Waals surface area contributed by atoms with Crippen LogP contribution in [-0.2, 0) is 7.05 Å². The predicted octanol–water partition coefficient (Wildman–Crippen LogP) is 4.43. The first-order chi connectivity index (χ1) is 8.31. The summed E-state index contributed by atoms with van der Waals surface area (Å²) in [4.78, 5) is 0. The monoisotopic (exact) mass is 255 g/mol. The van der Waals surface area contributed by atoms with Gasteiger partial charge in [-0.3, -0.25) is 0 Å². The van der Waals surface area contributed by atoms with E-state index in [0.29, 0.717) is 17.0 Å². The topological polar surface area (TPSA) is 4.93 Å². The van der Waals surface area contributed by atoms with E-state index in [1.807, 2.05) is 0 Å². The van der Waals surface area contributed by atoms with Gasteiger partial charge in [-0.25, -0.2) is 13.2 Å². The standard InChI is InChI=1S/C14H16F3N/c1-5-6-11-12(8(2)15)13(9(3)18(11)4)10-7-14(10,16)17/h5-6,10H,2,7H2,1,3-4H3/b6-5-. The second-order valence-corrected chi connectivity index (χ2v) is 4.74. The van der Waals surface area contributed by atoms with E-state index in [2.05, 4.69) is 6.58 Å². The number of allylic oxidation sites excluding steroid dienone is 1. The molecule has 0 N–H and O–H groups in total. The van der Waals surface area contributed by atoms with Crippen LogP contribution in [0.3, 0.4) is 0 Å². The molecule has 0 aliphatic heterocycles. The van der Waals surface area contributed by atoms with E-state index in [9.17, 15) is 13.2 Å². The highest BCUT2D eigenvalue weighted by Crippen LogP contribution is 2.58. The Morgan fingerprint density at radius 1 is 1.50 bits per heavy atom. The molecule has 0 spiro atoms. The minimum Gasteiger partial charge on any atom is -0.348 e. The van der Waals surface area contributed by atoms with Crippen LogP contribution in [0.1, 0.15) is 41.8 Å². The highest BCUT2D eigenvalue weighted by molar-refractivity contribution is 5.73. The van der Waals surface area contributed by atoms with Crippen LogP contribution in [0.25, 0.3) is 11.9 Å². The lowest BCUT2D eigenvalue weighted by Gasteiger charge is -2.03. The fourth-order valence-electron chi connectivity index (χ4n) is 2.44. The Hall–Kier alpha value is -1.45. The van der Waals surface area contributed by atoms with E-state index in [0.717, 1.165) is 0 Å². The first kappa shape index (κ1) is 13.0. The summed E-state index contributed by atoms with van der Waals surface area (Å²) in [5.74, 6) is -4.22. The maximum atomic E-state index is 13.6. The molecular formula is C14H16F3N. The van der Waals surface area contributed by atoms with Crippen molar-refractivity contribution in [2.45, 2.75) is 32.1 Å². The second-order valence-electron chi connectivity index (χ2n) is 4.74. The lowest BCUT2D eigenvalue weighted by Crippen LogP contribution is -1.97. The number of rotatable bonds is 3. The number of alkyl halides is 2. The SMILES string of the molecule is C=C(F)c1c(C2CC2(F)F)c(C)n(C)c1/C=C\C. The molecule has 4 heteroatoms. The van der Waals surface area contributed by atoms with Crippen LogP contribution in [0.4, 0.5) is 13.2 Å². The summed E-state index contributed by atoms with van der Waals surface area (Å²) in [6.07, 6.45) is 3.28. The molecule has 0 radical (unpaired) electrons. The first-order valence-corrected chi connectivity index (χ1v) is 5.85. The smallest absolute Gasteiger partial charge is 0.256 e. The van der Waals surface area contributed by atoms with E-state index in [1.165, 1.54) is 0 Å². The van der Waals surface area contributed by atoms with Crippen molar-refractivity contribution in [1.82, 2.24) is 4.57 Å². The number of hydrogen-bond donors (Lipinski definition) is 0. The largest absolute Gasteiger partial charge is 0.348 e. The summed E-state index contributed by atoms with van der Waals surface area (Å²) in [7, 11) is 1.75. The quantitative estimate of drug-likeness (QED) is 0.753. The molecule has 1 aliphatic carbocycles. The summed E-state index contributed by atoms with van der Waals surface area (Å²) in [5.41, 5.74) is 1.91. The maximum absolute atomic E-state index is 13.6. The Kier molecular flexibility index (Phi) is 2.92. The molecule has 0 bridgehead atoms. The van der Waals surface area contributed by atoms with Crippen molar-refractivity contribution in [2.75, 3.05) is 0 Å². The molecule has 1 aliphatic rings. The summed E-state index contributed by atoms with van der Waals surface area (Å²) in [5, 5.41) is 0. The van der Waals surface area contributed by atoms with Gasteiger partial charge in [0, 0.05) is 24.7 Å². The van der Waals surface area contributed by atoms with Crippen LogP contribution >= 0.6 is 0 Å². The van der Waals surface area contributed by atoms with E-state index in [4.69, 9.17) is 0 Å². The average Bonchev–Trinajstić information content (AvgIpc) is 2.81. The fourth-order valence-corrected chi connectivity index (χ4v) is 2.44. The molecule has 18 heavy (non-hydrogen) atoms. The lowest BCUT2D eigenvalue weighted by atomic mass is 10.0. The predicted molar refractivity (Wildman–Crippen MR) is 67.3 cm³/mol. The molecule has 1 nitrogen and oxygen atoms in total. The average molecular weight is 255 g/mol. The zero-order chi connectivity index (χ0) is 13.7. The van der Waals surface area contributed by atoms with Gasteiger partial charge in [-0.05, 0) is 25.5 Å². The number of nitrogens with zero attached hydrogens (tertiary/aromatic N) is 1. The van der Waals surface area contributed by atoms with E-state index >= 15 is 0 Å². The van der Waals surface area contributed by atoms with Gasteiger partial charge in [-0.2, -0.15) is 0 Å². The molecule has 1 heterocycles. The van der Waals surface area contributed by atoms with Gasteiger partial charge in [0.1, 0.15) is 5.83 Å². The van der Waals surface area contributed by atoms with Crippen molar-refractivity contribution in [1.29, 1.82) is 0 Å². The Morgan fingerprint density at radius 3 is 2.44 bits per heavy atom. The third-order valence-electron chi connectivity index (χ3n) is 3.55. The summed E-state index contributed by atoms with van der Waals surface area (Å²) in [6.45, 7) is 6.83. The highest BCUT2D eigenvalue weighted by Gasteiger charge is 2.59. The van der Waals surface area contributed by atoms with Gasteiger partial charge in [0.05, 0.1) is 11.6 Å². The van der Waals surface area contributed by atoms with Crippen molar-refractivity contribution in [3.8, 4) is 0 Å². The van der Waals surface area contributed by atoms with Crippen molar-refractivity contribution in [3.63, 3.8) is 0 Å². The third-order valence-corrected chi connectivity index (χ3v) is 3.55. The molecule has 98 valence electrons. The van der Waals surface area contributed by atoms with E-state index in [-0.39, 0.29) is 12.0 Å². The van der Waals surface area contributed by atoms with Crippen LogP contribution in [0.5, 0.6) is 0 Å². The van der Waals surface area contributed by atoms with Gasteiger partial charge in [0.15, 0.2) is 0 Å². The third kappa shape index (κ3) is 1.80. The van der Waals surface area contributed by atoms with Gasteiger partial charge in [-0.15, -0.1) is 0 Å². The fraction of sp³-hybridized carbons (Fsp3) is 0.429. The molecule has 0 aromatic carbocycles. The molecule has 1 atom stereocenters. The van der Waals surface area contributed by atoms with Gasteiger partial charge in [-0.1, -0.05) is 12.7 Å². The Labute approximate surface area is 105 Å². The van der Waals surface area contributed by atoms with Crippen molar-refractivity contribution < 1.29 is 13.2 Å². The molecule has 1 aromatic heterocycles. The minimum absolute atomic E-state index is 0.201. The molecule has 1 saturated carbocycles. The molecule has 1 aromatic rings. The van der Waals surface area contributed by atoms with Crippen LogP contribution in [0.2, 0.25) is 0 Å². The Morgan fingerprint density at radius 2 is 2.06 bits per heavy atom. The number of halogens is 3.